The van der Waals surface area contributed by atoms with Gasteiger partial charge in [-0.15, -0.1) is 0 Å². The third-order valence-corrected chi connectivity index (χ3v) is 6.42. The summed E-state index contributed by atoms with van der Waals surface area (Å²) in [5, 5.41) is 10.8. The lowest BCUT2D eigenvalue weighted by Crippen LogP contribution is -2.45. The summed E-state index contributed by atoms with van der Waals surface area (Å²) in [7, 11) is 0. The number of primary amides is 1. The van der Waals surface area contributed by atoms with E-state index in [-0.39, 0.29) is 11.9 Å². The second-order valence-electron chi connectivity index (χ2n) is 8.03. The summed E-state index contributed by atoms with van der Waals surface area (Å²) in [6.07, 6.45) is 5.46. The molecule has 1 aromatic carbocycles. The maximum atomic E-state index is 12.6. The van der Waals surface area contributed by atoms with Crippen LogP contribution in [-0.4, -0.2) is 63.3 Å². The Morgan fingerprint density at radius 2 is 1.57 bits per heavy atom. The van der Waals surface area contributed by atoms with E-state index in [0.29, 0.717) is 18.3 Å². The smallest absolute Gasteiger partial charge is 0.314 e. The van der Waals surface area contributed by atoms with Crippen LogP contribution in [0.2, 0.25) is 0 Å². The van der Waals surface area contributed by atoms with Crippen molar-refractivity contribution in [2.75, 3.05) is 26.2 Å². The van der Waals surface area contributed by atoms with E-state index in [9.17, 15) is 9.59 Å². The number of nitrogens with two attached hydrogens (primary N) is 1. The van der Waals surface area contributed by atoms with Crippen LogP contribution < -0.4 is 5.73 Å². The molecule has 2 fully saturated rings. The molecule has 0 atom stereocenters. The molecular formula is C20H28N6O2. The van der Waals surface area contributed by atoms with Crippen LogP contribution >= 0.6 is 0 Å². The van der Waals surface area contributed by atoms with Gasteiger partial charge in [-0.2, -0.15) is 15.4 Å². The Hall–Kier alpha value is -2.64. The molecule has 0 aliphatic carbocycles. The van der Waals surface area contributed by atoms with Gasteiger partial charge in [-0.25, -0.2) is 4.79 Å². The summed E-state index contributed by atoms with van der Waals surface area (Å²) >= 11 is 0. The van der Waals surface area contributed by atoms with Crippen LogP contribution in [0.1, 0.15) is 37.7 Å². The Labute approximate surface area is 164 Å². The Kier molecular flexibility index (Phi) is 5.45. The third-order valence-electron chi connectivity index (χ3n) is 6.42. The summed E-state index contributed by atoms with van der Waals surface area (Å²) in [4.78, 5) is 27.6. The van der Waals surface area contributed by atoms with Gasteiger partial charge in [0.25, 0.3) is 0 Å². The van der Waals surface area contributed by atoms with Crippen molar-refractivity contribution in [3.8, 4) is 0 Å². The zero-order chi connectivity index (χ0) is 19.5. The first-order chi connectivity index (χ1) is 13.6. The van der Waals surface area contributed by atoms with E-state index in [0.717, 1.165) is 74.9 Å². The molecule has 2 aliphatic rings. The maximum absolute atomic E-state index is 12.6. The number of piperidine rings is 2. The number of nitrogens with zero attached hydrogens (tertiary/aromatic N) is 4. The van der Waals surface area contributed by atoms with E-state index < -0.39 is 0 Å². The highest BCUT2D eigenvalue weighted by atomic mass is 16.2. The molecule has 2 aliphatic heterocycles. The zero-order valence-electron chi connectivity index (χ0n) is 16.1. The molecule has 150 valence electrons. The molecule has 3 amide bonds. The van der Waals surface area contributed by atoms with Crippen molar-refractivity contribution in [2.45, 2.75) is 38.5 Å². The van der Waals surface area contributed by atoms with Crippen LogP contribution in [0.15, 0.2) is 18.2 Å². The van der Waals surface area contributed by atoms with E-state index >= 15 is 0 Å². The molecule has 28 heavy (non-hydrogen) atoms. The quantitative estimate of drug-likeness (QED) is 0.839. The zero-order valence-corrected chi connectivity index (χ0v) is 16.1. The number of carbonyl (C=O) groups is 2. The van der Waals surface area contributed by atoms with Crippen molar-refractivity contribution >= 4 is 23.0 Å². The fraction of sp³-hybridized carbons (Fsp3) is 0.600. The largest absolute Gasteiger partial charge is 0.351 e. The first kappa shape index (κ1) is 18.7. The minimum Gasteiger partial charge on any atom is -0.351 e. The van der Waals surface area contributed by atoms with Crippen LogP contribution in [-0.2, 0) is 11.2 Å². The lowest BCUT2D eigenvalue weighted by atomic mass is 9.79. The van der Waals surface area contributed by atoms with Gasteiger partial charge in [0, 0.05) is 32.6 Å². The highest BCUT2D eigenvalue weighted by molar-refractivity contribution is 5.77. The molecule has 1 aromatic heterocycles. The number of rotatable bonds is 4. The fourth-order valence-electron chi connectivity index (χ4n) is 4.66. The van der Waals surface area contributed by atoms with E-state index in [4.69, 9.17) is 5.73 Å². The maximum Gasteiger partial charge on any atom is 0.314 e. The van der Waals surface area contributed by atoms with Crippen molar-refractivity contribution in [2.24, 2.45) is 17.6 Å². The number of nitrogens with one attached hydrogen (secondary N) is 1. The van der Waals surface area contributed by atoms with Crippen molar-refractivity contribution in [3.05, 3.63) is 23.8 Å². The average Bonchev–Trinajstić information content (AvgIpc) is 3.20. The van der Waals surface area contributed by atoms with Crippen LogP contribution in [0, 0.1) is 11.8 Å². The number of hydrogen-bond donors (Lipinski definition) is 2. The molecular weight excluding hydrogens is 356 g/mol. The van der Waals surface area contributed by atoms with Crippen LogP contribution in [0.4, 0.5) is 4.79 Å². The standard InChI is InChI=1S/C20H28N6O2/c21-20(28)26-11-7-16(8-12-26)15-5-9-25(10-6-15)19(27)4-2-14-1-3-17-18(13-14)23-24-22-17/h1,3,13,15-16H,2,4-12H2,(H2,21,28)(H,22,23,24). The molecule has 0 saturated carbocycles. The van der Waals surface area contributed by atoms with Gasteiger partial charge in [0.1, 0.15) is 11.0 Å². The van der Waals surface area contributed by atoms with E-state index in [1.54, 1.807) is 4.90 Å². The Bertz CT molecular complexity index is 834. The van der Waals surface area contributed by atoms with E-state index in [1.807, 2.05) is 23.1 Å². The number of aryl methyl sites for hydroxylation is 1. The molecule has 3 N–H and O–H groups in total. The molecule has 0 unspecified atom stereocenters. The van der Waals surface area contributed by atoms with Crippen molar-refractivity contribution in [3.63, 3.8) is 0 Å². The van der Waals surface area contributed by atoms with Crippen molar-refractivity contribution < 1.29 is 9.59 Å². The highest BCUT2D eigenvalue weighted by Gasteiger charge is 2.31. The number of aromatic amines is 1. The molecule has 2 saturated heterocycles. The number of amides is 3. The Morgan fingerprint density at radius 3 is 2.21 bits per heavy atom. The Morgan fingerprint density at radius 1 is 0.964 bits per heavy atom. The second-order valence-corrected chi connectivity index (χ2v) is 8.03. The molecule has 2 aromatic rings. The third kappa shape index (κ3) is 4.10. The average molecular weight is 384 g/mol. The van der Waals surface area contributed by atoms with Gasteiger partial charge in [-0.05, 0) is 61.6 Å². The predicted octanol–water partition coefficient (Wildman–Crippen LogP) is 1.92. The minimum absolute atomic E-state index is 0.238. The summed E-state index contributed by atoms with van der Waals surface area (Å²) < 4.78 is 0. The topological polar surface area (TPSA) is 108 Å². The van der Waals surface area contributed by atoms with E-state index in [1.165, 1.54) is 0 Å². The van der Waals surface area contributed by atoms with Gasteiger partial charge in [0.15, 0.2) is 0 Å². The number of fused-ring (bicyclic) bond motifs is 1. The van der Waals surface area contributed by atoms with E-state index in [2.05, 4.69) is 15.4 Å². The predicted molar refractivity (Wildman–Crippen MR) is 105 cm³/mol. The number of aromatic nitrogens is 3. The summed E-state index contributed by atoms with van der Waals surface area (Å²) in [5.74, 6) is 1.55. The van der Waals surface area contributed by atoms with Gasteiger partial charge < -0.3 is 15.5 Å². The van der Waals surface area contributed by atoms with Crippen LogP contribution in [0.5, 0.6) is 0 Å². The van der Waals surface area contributed by atoms with Gasteiger partial charge in [0.05, 0.1) is 0 Å². The molecule has 3 heterocycles. The second kappa shape index (κ2) is 8.16. The molecule has 8 nitrogen and oxygen atoms in total. The SMILES string of the molecule is NC(=O)N1CCC(C2CCN(C(=O)CCc3ccc4n[nH]nc4c3)CC2)CC1. The number of benzene rings is 1. The molecule has 0 bridgehead atoms. The minimum atomic E-state index is -0.304. The summed E-state index contributed by atoms with van der Waals surface area (Å²) in [6, 6.07) is 5.65. The van der Waals surface area contributed by atoms with Gasteiger partial charge in [-0.3, -0.25) is 4.79 Å². The Balaban J connectivity index is 1.22. The molecule has 0 spiro atoms. The van der Waals surface area contributed by atoms with Crippen molar-refractivity contribution in [1.82, 2.24) is 25.2 Å². The summed E-state index contributed by atoms with van der Waals surface area (Å²) in [6.45, 7) is 3.24. The normalized spacial score (nSPS) is 19.3. The lowest BCUT2D eigenvalue weighted by molar-refractivity contribution is -0.132. The molecule has 4 rings (SSSR count). The van der Waals surface area contributed by atoms with Gasteiger partial charge >= 0.3 is 6.03 Å². The number of carbonyl (C=O) groups excluding carboxylic acids is 2. The van der Waals surface area contributed by atoms with Crippen LogP contribution in [0.3, 0.4) is 0 Å². The summed E-state index contributed by atoms with van der Waals surface area (Å²) in [5.41, 5.74) is 8.17. The number of urea groups is 1. The number of H-pyrrole nitrogens is 1. The van der Waals surface area contributed by atoms with Crippen LogP contribution in [0.25, 0.3) is 11.0 Å². The molecule has 8 heteroatoms. The highest BCUT2D eigenvalue weighted by Crippen LogP contribution is 2.32. The van der Waals surface area contributed by atoms with Crippen molar-refractivity contribution in [1.29, 1.82) is 0 Å². The number of hydrogen-bond acceptors (Lipinski definition) is 4. The van der Waals surface area contributed by atoms with Gasteiger partial charge in [-0.1, -0.05) is 6.07 Å². The first-order valence-corrected chi connectivity index (χ1v) is 10.2. The molecule has 0 radical (unpaired) electrons. The van der Waals surface area contributed by atoms with Gasteiger partial charge in [0.2, 0.25) is 5.91 Å². The lowest BCUT2D eigenvalue weighted by Gasteiger charge is -2.39. The monoisotopic (exact) mass is 384 g/mol. The first-order valence-electron chi connectivity index (χ1n) is 10.2. The fourth-order valence-corrected chi connectivity index (χ4v) is 4.66. The number of likely N-dealkylation sites (tertiary alicyclic amines) is 2.